The minimum absolute atomic E-state index is 0.0276. The second kappa shape index (κ2) is 10.7. The van der Waals surface area contributed by atoms with Gasteiger partial charge in [0.2, 0.25) is 5.91 Å². The molecule has 1 saturated heterocycles. The summed E-state index contributed by atoms with van der Waals surface area (Å²) in [6, 6.07) is 9.30. The zero-order chi connectivity index (χ0) is 22.3. The van der Waals surface area contributed by atoms with E-state index >= 15 is 0 Å². The lowest BCUT2D eigenvalue weighted by Gasteiger charge is -2.32. The van der Waals surface area contributed by atoms with Gasteiger partial charge in [0.25, 0.3) is 0 Å². The SMILES string of the molecule is O=C1NCCOCCOc2ccc(NCc3cc(F)cc(F)c3)cc2CN2CCCC1C2. The van der Waals surface area contributed by atoms with E-state index in [1.54, 1.807) is 0 Å². The monoisotopic (exact) mass is 445 g/mol. The fraction of sp³-hybridized carbons (Fsp3) is 0.458. The largest absolute Gasteiger partial charge is 0.491 e. The number of ether oxygens (including phenoxy) is 2. The van der Waals surface area contributed by atoms with Gasteiger partial charge in [-0.25, -0.2) is 8.78 Å². The van der Waals surface area contributed by atoms with Crippen molar-refractivity contribution in [1.29, 1.82) is 0 Å². The van der Waals surface area contributed by atoms with Gasteiger partial charge in [0.1, 0.15) is 24.0 Å². The zero-order valence-electron chi connectivity index (χ0n) is 18.0. The normalized spacial score (nSPS) is 22.1. The van der Waals surface area contributed by atoms with Crippen molar-refractivity contribution < 1.29 is 23.0 Å². The number of nitrogens with zero attached hydrogens (tertiary/aromatic N) is 1. The first-order valence-corrected chi connectivity index (χ1v) is 11.1. The number of carbonyl (C=O) groups excluding carboxylic acids is 1. The minimum atomic E-state index is -0.592. The van der Waals surface area contributed by atoms with Crippen LogP contribution in [0.25, 0.3) is 0 Å². The molecule has 2 bridgehead atoms. The van der Waals surface area contributed by atoms with Gasteiger partial charge >= 0.3 is 0 Å². The van der Waals surface area contributed by atoms with E-state index in [1.165, 1.54) is 12.1 Å². The maximum absolute atomic E-state index is 13.5. The number of hydrogen-bond acceptors (Lipinski definition) is 5. The number of anilines is 1. The molecule has 0 aliphatic carbocycles. The lowest BCUT2D eigenvalue weighted by molar-refractivity contribution is -0.127. The number of benzene rings is 2. The van der Waals surface area contributed by atoms with Crippen LogP contribution in [0.1, 0.15) is 24.0 Å². The smallest absolute Gasteiger partial charge is 0.224 e. The van der Waals surface area contributed by atoms with Crippen LogP contribution in [-0.2, 0) is 22.6 Å². The molecule has 2 aromatic carbocycles. The molecule has 2 aliphatic heterocycles. The van der Waals surface area contributed by atoms with Crippen molar-refractivity contribution in [3.05, 3.63) is 59.2 Å². The average Bonchev–Trinajstić information content (AvgIpc) is 2.77. The molecular weight excluding hydrogens is 416 g/mol. The molecule has 4 rings (SSSR count). The van der Waals surface area contributed by atoms with E-state index in [9.17, 15) is 13.6 Å². The highest BCUT2D eigenvalue weighted by Crippen LogP contribution is 2.27. The van der Waals surface area contributed by atoms with Crippen molar-refractivity contribution in [2.24, 2.45) is 5.92 Å². The molecule has 2 heterocycles. The van der Waals surface area contributed by atoms with Crippen molar-refractivity contribution in [1.82, 2.24) is 10.2 Å². The summed E-state index contributed by atoms with van der Waals surface area (Å²) in [5.41, 5.74) is 2.36. The Kier molecular flexibility index (Phi) is 7.55. The van der Waals surface area contributed by atoms with E-state index < -0.39 is 11.6 Å². The quantitative estimate of drug-likeness (QED) is 0.759. The van der Waals surface area contributed by atoms with E-state index in [0.29, 0.717) is 51.6 Å². The highest BCUT2D eigenvalue weighted by molar-refractivity contribution is 5.78. The van der Waals surface area contributed by atoms with Crippen molar-refractivity contribution in [2.45, 2.75) is 25.9 Å². The van der Waals surface area contributed by atoms with Gasteiger partial charge in [-0.15, -0.1) is 0 Å². The second-order valence-electron chi connectivity index (χ2n) is 8.28. The van der Waals surface area contributed by atoms with Gasteiger partial charge in [-0.3, -0.25) is 9.69 Å². The molecule has 0 radical (unpaired) electrons. The molecule has 2 N–H and O–H groups in total. The number of carbonyl (C=O) groups is 1. The van der Waals surface area contributed by atoms with Crippen LogP contribution < -0.4 is 15.4 Å². The first kappa shape index (κ1) is 22.5. The van der Waals surface area contributed by atoms with Crippen molar-refractivity contribution in [3.63, 3.8) is 0 Å². The summed E-state index contributed by atoms with van der Waals surface area (Å²) in [7, 11) is 0. The molecule has 1 fully saturated rings. The highest BCUT2D eigenvalue weighted by Gasteiger charge is 2.26. The molecule has 2 unspecified atom stereocenters. The summed E-state index contributed by atoms with van der Waals surface area (Å²) in [4.78, 5) is 14.8. The van der Waals surface area contributed by atoms with Crippen LogP contribution in [0.2, 0.25) is 0 Å². The lowest BCUT2D eigenvalue weighted by atomic mass is 9.96. The van der Waals surface area contributed by atoms with Crippen LogP contribution in [0.4, 0.5) is 14.5 Å². The van der Waals surface area contributed by atoms with E-state index in [1.807, 2.05) is 18.2 Å². The molecule has 1 amide bonds. The second-order valence-corrected chi connectivity index (χ2v) is 8.28. The van der Waals surface area contributed by atoms with Crippen molar-refractivity contribution >= 4 is 11.6 Å². The van der Waals surface area contributed by atoms with Gasteiger partial charge in [0.05, 0.1) is 19.1 Å². The van der Waals surface area contributed by atoms with Crippen LogP contribution in [0.5, 0.6) is 5.75 Å². The summed E-state index contributed by atoms with van der Waals surface area (Å²) < 4.78 is 38.5. The first-order valence-electron chi connectivity index (χ1n) is 11.1. The van der Waals surface area contributed by atoms with Crippen molar-refractivity contribution in [2.75, 3.05) is 44.8 Å². The fourth-order valence-electron chi connectivity index (χ4n) is 4.23. The van der Waals surface area contributed by atoms with Crippen LogP contribution in [0, 0.1) is 17.6 Å². The summed E-state index contributed by atoms with van der Waals surface area (Å²) in [5, 5.41) is 6.20. The molecule has 2 aliphatic rings. The molecule has 0 aromatic heterocycles. The van der Waals surface area contributed by atoms with Crippen LogP contribution in [0.15, 0.2) is 36.4 Å². The molecule has 6 nitrogen and oxygen atoms in total. The Morgan fingerprint density at radius 2 is 1.94 bits per heavy atom. The number of amides is 1. The van der Waals surface area contributed by atoms with Gasteiger partial charge in [-0.05, 0) is 55.3 Å². The number of fused-ring (bicyclic) bond motifs is 3. The van der Waals surface area contributed by atoms with Gasteiger partial charge in [0.15, 0.2) is 0 Å². The van der Waals surface area contributed by atoms with E-state index in [4.69, 9.17) is 9.47 Å². The molecule has 0 saturated carbocycles. The van der Waals surface area contributed by atoms with Crippen LogP contribution in [-0.4, -0.2) is 50.3 Å². The Bertz CT molecular complexity index is 920. The molecule has 0 spiro atoms. The third-order valence-electron chi connectivity index (χ3n) is 5.78. The number of hydrogen-bond donors (Lipinski definition) is 2. The molecule has 2 aromatic rings. The third kappa shape index (κ3) is 6.17. The summed E-state index contributed by atoms with van der Waals surface area (Å²) in [5.74, 6) is -0.347. The maximum Gasteiger partial charge on any atom is 0.224 e. The predicted molar refractivity (Wildman–Crippen MR) is 117 cm³/mol. The number of halogens is 2. The average molecular weight is 446 g/mol. The first-order chi connectivity index (χ1) is 15.6. The highest BCUT2D eigenvalue weighted by atomic mass is 19.1. The number of piperidine rings is 1. The van der Waals surface area contributed by atoms with Crippen LogP contribution >= 0.6 is 0 Å². The molecule has 32 heavy (non-hydrogen) atoms. The molecule has 172 valence electrons. The van der Waals surface area contributed by atoms with E-state index in [2.05, 4.69) is 15.5 Å². The van der Waals surface area contributed by atoms with Gasteiger partial charge in [-0.1, -0.05) is 0 Å². The lowest BCUT2D eigenvalue weighted by Crippen LogP contribution is -2.43. The molecular formula is C24H29F2N3O3. The van der Waals surface area contributed by atoms with Gasteiger partial charge < -0.3 is 20.1 Å². The summed E-state index contributed by atoms with van der Waals surface area (Å²) >= 11 is 0. The van der Waals surface area contributed by atoms with E-state index in [0.717, 1.165) is 42.5 Å². The Balaban J connectivity index is 1.50. The Morgan fingerprint density at radius 3 is 2.78 bits per heavy atom. The van der Waals surface area contributed by atoms with Gasteiger partial charge in [-0.2, -0.15) is 0 Å². The zero-order valence-corrected chi connectivity index (χ0v) is 18.0. The molecule has 8 heteroatoms. The summed E-state index contributed by atoms with van der Waals surface area (Å²) in [6.07, 6.45) is 1.85. The Morgan fingerprint density at radius 1 is 1.09 bits per heavy atom. The fourth-order valence-corrected chi connectivity index (χ4v) is 4.23. The number of nitrogens with one attached hydrogen (secondary N) is 2. The maximum atomic E-state index is 13.5. The Hall–Kier alpha value is -2.71. The standard InChI is InChI=1S/C24H29F2N3O3/c25-20-10-17(11-21(26)13-20)14-28-22-3-4-23-19(12-22)16-29-6-1-2-18(15-29)24(30)27-5-7-31-8-9-32-23/h3-4,10-13,18,28H,1-2,5-9,14-16H2,(H,27,30). The topological polar surface area (TPSA) is 62.8 Å². The van der Waals surface area contributed by atoms with Crippen molar-refractivity contribution in [3.8, 4) is 5.75 Å². The predicted octanol–water partition coefficient (Wildman–Crippen LogP) is 3.31. The minimum Gasteiger partial charge on any atom is -0.491 e. The summed E-state index contributed by atoms with van der Waals surface area (Å²) in [6.45, 7) is 4.40. The number of rotatable bonds is 3. The van der Waals surface area contributed by atoms with E-state index in [-0.39, 0.29) is 11.8 Å². The third-order valence-corrected chi connectivity index (χ3v) is 5.78. The molecule has 2 atom stereocenters. The van der Waals surface area contributed by atoms with Crippen LogP contribution in [0.3, 0.4) is 0 Å². The Labute approximate surface area is 186 Å². The van der Waals surface area contributed by atoms with Gasteiger partial charge in [0, 0.05) is 43.5 Å².